The summed E-state index contributed by atoms with van der Waals surface area (Å²) >= 11 is 3.37. The highest BCUT2D eigenvalue weighted by molar-refractivity contribution is 9.10. The Bertz CT molecular complexity index is 617. The molecule has 0 fully saturated rings. The molecule has 0 aromatic heterocycles. The molecule has 0 amide bonds. The molecule has 0 bridgehead atoms. The molecule has 1 nitrogen and oxygen atoms in total. The monoisotopic (exact) mass is 335 g/mol. The van der Waals surface area contributed by atoms with E-state index in [-0.39, 0.29) is 11.2 Å². The molecule has 2 rings (SSSR count). The zero-order valence-electron chi connectivity index (χ0n) is 12.0. The lowest BCUT2D eigenvalue weighted by atomic mass is 9.81. The molecule has 2 aromatic carbocycles. The summed E-state index contributed by atoms with van der Waals surface area (Å²) in [4.78, 5) is 0. The molecule has 20 heavy (non-hydrogen) atoms. The van der Waals surface area contributed by atoms with Crippen LogP contribution in [-0.2, 0) is 5.41 Å². The largest absolute Gasteiger partial charge is 0.320 e. The molecular weight excluding hydrogens is 317 g/mol. The van der Waals surface area contributed by atoms with Gasteiger partial charge in [-0.15, -0.1) is 0 Å². The van der Waals surface area contributed by atoms with E-state index in [4.69, 9.17) is 5.73 Å². The Hall–Kier alpha value is -1.19. The highest BCUT2D eigenvalue weighted by Crippen LogP contribution is 2.33. The lowest BCUT2D eigenvalue weighted by Gasteiger charge is -2.26. The van der Waals surface area contributed by atoms with Crippen LogP contribution >= 0.6 is 15.9 Å². The zero-order valence-corrected chi connectivity index (χ0v) is 13.5. The van der Waals surface area contributed by atoms with Crippen molar-refractivity contribution in [3.8, 4) is 0 Å². The molecule has 0 saturated heterocycles. The maximum atomic E-state index is 14.0. The van der Waals surface area contributed by atoms with E-state index in [1.165, 1.54) is 6.07 Å². The molecule has 3 heteroatoms. The lowest BCUT2D eigenvalue weighted by Crippen LogP contribution is -2.21. The smallest absolute Gasteiger partial charge is 0.128 e. The van der Waals surface area contributed by atoms with Crippen LogP contribution in [0.4, 0.5) is 4.39 Å². The molecule has 0 aliphatic rings. The Morgan fingerprint density at radius 3 is 2.35 bits per heavy atom. The zero-order chi connectivity index (χ0) is 14.9. The van der Waals surface area contributed by atoms with Crippen molar-refractivity contribution in [1.82, 2.24) is 0 Å². The standard InChI is InChI=1S/C17H19BrFN/c1-17(2,3)14-7-5-4-6-12(14)16(20)13-10-11(18)8-9-15(13)19/h4-10,16H,20H2,1-3H3. The minimum Gasteiger partial charge on any atom is -0.320 e. The van der Waals surface area contributed by atoms with Crippen molar-refractivity contribution in [3.63, 3.8) is 0 Å². The van der Waals surface area contributed by atoms with Crippen LogP contribution in [0.5, 0.6) is 0 Å². The topological polar surface area (TPSA) is 26.0 Å². The van der Waals surface area contributed by atoms with Gasteiger partial charge in [-0.3, -0.25) is 0 Å². The lowest BCUT2D eigenvalue weighted by molar-refractivity contribution is 0.568. The van der Waals surface area contributed by atoms with Crippen molar-refractivity contribution < 1.29 is 4.39 Å². The number of halogens is 2. The van der Waals surface area contributed by atoms with Gasteiger partial charge in [0.1, 0.15) is 5.82 Å². The Labute approximate surface area is 128 Å². The summed E-state index contributed by atoms with van der Waals surface area (Å²) in [7, 11) is 0. The van der Waals surface area contributed by atoms with E-state index in [1.807, 2.05) is 18.2 Å². The third-order valence-corrected chi connectivity index (χ3v) is 3.89. The average molecular weight is 336 g/mol. The van der Waals surface area contributed by atoms with E-state index in [2.05, 4.69) is 42.8 Å². The normalized spacial score (nSPS) is 13.3. The molecule has 0 saturated carbocycles. The van der Waals surface area contributed by atoms with Gasteiger partial charge < -0.3 is 5.73 Å². The van der Waals surface area contributed by atoms with Crippen LogP contribution in [0.15, 0.2) is 46.9 Å². The highest BCUT2D eigenvalue weighted by Gasteiger charge is 2.23. The van der Waals surface area contributed by atoms with Gasteiger partial charge in [0, 0.05) is 10.0 Å². The summed E-state index contributed by atoms with van der Waals surface area (Å²) in [5.41, 5.74) is 8.92. The maximum Gasteiger partial charge on any atom is 0.128 e. The molecule has 2 N–H and O–H groups in total. The van der Waals surface area contributed by atoms with Gasteiger partial charge >= 0.3 is 0 Å². The van der Waals surface area contributed by atoms with E-state index < -0.39 is 6.04 Å². The molecule has 0 radical (unpaired) electrons. The molecule has 1 atom stereocenters. The van der Waals surface area contributed by atoms with Crippen LogP contribution in [0.2, 0.25) is 0 Å². The summed E-state index contributed by atoms with van der Waals surface area (Å²) in [5, 5.41) is 0. The SMILES string of the molecule is CC(C)(C)c1ccccc1C(N)c1cc(Br)ccc1F. The van der Waals surface area contributed by atoms with Crippen LogP contribution < -0.4 is 5.73 Å². The first-order valence-corrected chi connectivity index (χ1v) is 7.40. The number of hydrogen-bond acceptors (Lipinski definition) is 1. The summed E-state index contributed by atoms with van der Waals surface area (Å²) in [6.45, 7) is 6.40. The fraction of sp³-hybridized carbons (Fsp3) is 0.294. The van der Waals surface area contributed by atoms with Gasteiger partial charge in [-0.1, -0.05) is 61.0 Å². The van der Waals surface area contributed by atoms with Gasteiger partial charge in [0.05, 0.1) is 6.04 Å². The molecule has 0 spiro atoms. The molecule has 0 aliphatic carbocycles. The van der Waals surface area contributed by atoms with Crippen molar-refractivity contribution in [2.24, 2.45) is 5.73 Å². The third kappa shape index (κ3) is 3.10. The van der Waals surface area contributed by atoms with Crippen LogP contribution in [0.1, 0.15) is 43.5 Å². The number of benzene rings is 2. The second kappa shape index (κ2) is 5.66. The fourth-order valence-corrected chi connectivity index (χ4v) is 2.75. The van der Waals surface area contributed by atoms with Crippen LogP contribution in [0, 0.1) is 5.82 Å². The number of nitrogens with two attached hydrogens (primary N) is 1. The van der Waals surface area contributed by atoms with Gasteiger partial charge in [-0.2, -0.15) is 0 Å². The van der Waals surface area contributed by atoms with E-state index in [0.717, 1.165) is 15.6 Å². The Morgan fingerprint density at radius 1 is 1.05 bits per heavy atom. The van der Waals surface area contributed by atoms with Crippen LogP contribution in [0.25, 0.3) is 0 Å². The van der Waals surface area contributed by atoms with Crippen molar-refractivity contribution >= 4 is 15.9 Å². The fourth-order valence-electron chi connectivity index (χ4n) is 2.37. The molecule has 0 aliphatic heterocycles. The summed E-state index contributed by atoms with van der Waals surface area (Å²) < 4.78 is 14.9. The first-order chi connectivity index (χ1) is 9.30. The van der Waals surface area contributed by atoms with E-state index in [1.54, 1.807) is 12.1 Å². The number of rotatable bonds is 2. The van der Waals surface area contributed by atoms with Crippen LogP contribution in [-0.4, -0.2) is 0 Å². The summed E-state index contributed by atoms with van der Waals surface area (Å²) in [6.07, 6.45) is 0. The molecule has 0 heterocycles. The molecular formula is C17H19BrFN. The van der Waals surface area contributed by atoms with Crippen LogP contribution in [0.3, 0.4) is 0 Å². The quantitative estimate of drug-likeness (QED) is 0.826. The summed E-state index contributed by atoms with van der Waals surface area (Å²) in [6, 6.07) is 12.4. The predicted molar refractivity (Wildman–Crippen MR) is 85.3 cm³/mol. The van der Waals surface area contributed by atoms with E-state index >= 15 is 0 Å². The van der Waals surface area contributed by atoms with E-state index in [9.17, 15) is 4.39 Å². The van der Waals surface area contributed by atoms with Crippen molar-refractivity contribution in [1.29, 1.82) is 0 Å². The van der Waals surface area contributed by atoms with Gasteiger partial charge in [0.15, 0.2) is 0 Å². The first-order valence-electron chi connectivity index (χ1n) is 6.60. The average Bonchev–Trinajstić information content (AvgIpc) is 2.40. The van der Waals surface area contributed by atoms with Gasteiger partial charge in [-0.05, 0) is 34.7 Å². The Morgan fingerprint density at radius 2 is 1.70 bits per heavy atom. The van der Waals surface area contributed by atoms with Gasteiger partial charge in [0.25, 0.3) is 0 Å². The van der Waals surface area contributed by atoms with E-state index in [0.29, 0.717) is 5.56 Å². The molecule has 106 valence electrons. The second-order valence-corrected chi connectivity index (χ2v) is 6.90. The predicted octanol–water partition coefficient (Wildman–Crippen LogP) is 4.93. The van der Waals surface area contributed by atoms with Gasteiger partial charge in [0.2, 0.25) is 0 Å². The second-order valence-electron chi connectivity index (χ2n) is 5.98. The van der Waals surface area contributed by atoms with Crippen molar-refractivity contribution in [2.75, 3.05) is 0 Å². The molecule has 1 unspecified atom stereocenters. The maximum absolute atomic E-state index is 14.0. The highest BCUT2D eigenvalue weighted by atomic mass is 79.9. The number of hydrogen-bond donors (Lipinski definition) is 1. The minimum absolute atomic E-state index is 0.0310. The van der Waals surface area contributed by atoms with Crippen molar-refractivity contribution in [3.05, 3.63) is 69.4 Å². The Balaban J connectivity index is 2.54. The first kappa shape index (κ1) is 15.2. The molecule has 2 aromatic rings. The van der Waals surface area contributed by atoms with Crippen molar-refractivity contribution in [2.45, 2.75) is 32.2 Å². The third-order valence-electron chi connectivity index (χ3n) is 3.40. The van der Waals surface area contributed by atoms with Gasteiger partial charge in [-0.25, -0.2) is 4.39 Å². The minimum atomic E-state index is -0.470. The Kier molecular flexibility index (Phi) is 4.31. The summed E-state index contributed by atoms with van der Waals surface area (Å²) in [5.74, 6) is -0.274.